The van der Waals surface area contributed by atoms with Crippen LogP contribution >= 0.6 is 0 Å². The van der Waals surface area contributed by atoms with Crippen LogP contribution in [0.4, 0.5) is 0 Å². The molecule has 0 spiro atoms. The number of hydrogen-bond donors (Lipinski definition) is 2. The summed E-state index contributed by atoms with van der Waals surface area (Å²) in [5, 5.41) is 7.57. The van der Waals surface area contributed by atoms with Crippen molar-refractivity contribution in [2.24, 2.45) is 0 Å². The van der Waals surface area contributed by atoms with Crippen LogP contribution < -0.4 is 15.4 Å². The summed E-state index contributed by atoms with van der Waals surface area (Å²) in [5.74, 6) is 0.675. The molecule has 0 amide bonds. The Bertz CT molecular complexity index is 1300. The van der Waals surface area contributed by atoms with Crippen molar-refractivity contribution < 1.29 is 13.2 Å². The highest BCUT2D eigenvalue weighted by Crippen LogP contribution is 2.29. The molecule has 7 heteroatoms. The fourth-order valence-corrected chi connectivity index (χ4v) is 5.11. The minimum atomic E-state index is -3.66. The van der Waals surface area contributed by atoms with E-state index in [1.165, 1.54) is 15.1 Å². The molecule has 0 fully saturated rings. The van der Waals surface area contributed by atoms with Crippen molar-refractivity contribution in [2.45, 2.75) is 18.4 Å². The van der Waals surface area contributed by atoms with Crippen molar-refractivity contribution in [3.05, 3.63) is 96.2 Å². The third kappa shape index (κ3) is 5.63. The van der Waals surface area contributed by atoms with Crippen LogP contribution in [-0.4, -0.2) is 38.6 Å². The number of benzene rings is 3. The Kier molecular flexibility index (Phi) is 7.44. The molecule has 0 unspecified atom stereocenters. The van der Waals surface area contributed by atoms with Gasteiger partial charge in [-0.05, 0) is 42.8 Å². The molecule has 4 rings (SSSR count). The first-order valence-electron chi connectivity index (χ1n) is 11.1. The molecule has 0 aliphatic heterocycles. The van der Waals surface area contributed by atoms with Crippen LogP contribution in [0.15, 0.2) is 90.0 Å². The molecule has 2 N–H and O–H groups in total. The molecule has 1 heterocycles. The van der Waals surface area contributed by atoms with E-state index in [1.54, 1.807) is 48.7 Å². The van der Waals surface area contributed by atoms with Gasteiger partial charge in [-0.1, -0.05) is 54.1 Å². The van der Waals surface area contributed by atoms with Crippen molar-refractivity contribution in [3.8, 4) is 5.75 Å². The smallest absolute Gasteiger partial charge is 0.268 e. The van der Waals surface area contributed by atoms with Crippen LogP contribution in [0.1, 0.15) is 11.1 Å². The van der Waals surface area contributed by atoms with Gasteiger partial charge in [-0.3, -0.25) is 0 Å². The number of nitrogens with one attached hydrogen (secondary N) is 2. The van der Waals surface area contributed by atoms with Crippen LogP contribution in [0, 0.1) is 6.92 Å². The van der Waals surface area contributed by atoms with Gasteiger partial charge in [-0.25, -0.2) is 12.4 Å². The highest BCUT2D eigenvalue weighted by Gasteiger charge is 2.19. The molecule has 1 aromatic heterocycles. The summed E-state index contributed by atoms with van der Waals surface area (Å²) < 4.78 is 33.3. The average molecular weight is 464 g/mol. The maximum Gasteiger partial charge on any atom is 0.268 e. The Balaban J connectivity index is 1.27. The average Bonchev–Trinajstić information content (AvgIpc) is 3.27. The number of rotatable bonds is 11. The minimum absolute atomic E-state index is 0.258. The summed E-state index contributed by atoms with van der Waals surface area (Å²) in [4.78, 5) is 0.258. The van der Waals surface area contributed by atoms with Gasteiger partial charge in [0, 0.05) is 37.8 Å². The SMILES string of the molecule is Cc1cccc(CNCCNCCOc2cccc3c2ccn3S(=O)(=O)c2ccccc2)c1. The van der Waals surface area contributed by atoms with Crippen LogP contribution in [0.5, 0.6) is 5.75 Å². The zero-order chi connectivity index (χ0) is 23.1. The predicted octanol–water partition coefficient (Wildman–Crippen LogP) is 3.94. The second-order valence-corrected chi connectivity index (χ2v) is 9.70. The van der Waals surface area contributed by atoms with E-state index in [0.717, 1.165) is 25.0 Å². The maximum absolute atomic E-state index is 13.0. The quantitative estimate of drug-likeness (QED) is 0.330. The molecule has 4 aromatic rings. The largest absolute Gasteiger partial charge is 0.492 e. The van der Waals surface area contributed by atoms with E-state index in [4.69, 9.17) is 4.74 Å². The van der Waals surface area contributed by atoms with E-state index < -0.39 is 10.0 Å². The van der Waals surface area contributed by atoms with E-state index in [1.807, 2.05) is 12.1 Å². The Morgan fingerprint density at radius 2 is 1.64 bits per heavy atom. The van der Waals surface area contributed by atoms with Crippen molar-refractivity contribution >= 4 is 20.9 Å². The second-order valence-electron chi connectivity index (χ2n) is 7.88. The fraction of sp³-hybridized carbons (Fsp3) is 0.231. The summed E-state index contributed by atoms with van der Waals surface area (Å²) in [6, 6.07) is 24.2. The highest BCUT2D eigenvalue weighted by molar-refractivity contribution is 7.90. The summed E-state index contributed by atoms with van der Waals surface area (Å²) in [6.07, 6.45) is 1.58. The maximum atomic E-state index is 13.0. The van der Waals surface area contributed by atoms with Crippen molar-refractivity contribution in [1.82, 2.24) is 14.6 Å². The topological polar surface area (TPSA) is 72.4 Å². The molecule has 0 aliphatic carbocycles. The zero-order valence-corrected chi connectivity index (χ0v) is 19.5. The first-order valence-corrected chi connectivity index (χ1v) is 12.5. The van der Waals surface area contributed by atoms with E-state index >= 15 is 0 Å². The standard InChI is InChI=1S/C26H29N3O3S/c1-21-7-5-8-22(19-21)20-28-15-14-27-16-18-32-26-12-6-11-25-24(26)13-17-29(25)33(30,31)23-9-3-2-4-10-23/h2-13,17,19,27-28H,14-16,18,20H2,1H3. The Morgan fingerprint density at radius 3 is 2.45 bits per heavy atom. The van der Waals surface area contributed by atoms with Crippen LogP contribution in [0.25, 0.3) is 10.9 Å². The molecule has 6 nitrogen and oxygen atoms in total. The van der Waals surface area contributed by atoms with Gasteiger partial charge in [-0.15, -0.1) is 0 Å². The van der Waals surface area contributed by atoms with E-state index in [-0.39, 0.29) is 4.90 Å². The number of hydrogen-bond acceptors (Lipinski definition) is 5. The third-order valence-corrected chi connectivity index (χ3v) is 7.09. The monoisotopic (exact) mass is 463 g/mol. The summed E-state index contributed by atoms with van der Waals surface area (Å²) in [5.41, 5.74) is 3.16. The van der Waals surface area contributed by atoms with Gasteiger partial charge in [0.1, 0.15) is 12.4 Å². The summed E-state index contributed by atoms with van der Waals surface area (Å²) in [7, 11) is -3.66. The first-order chi connectivity index (χ1) is 16.1. The van der Waals surface area contributed by atoms with Gasteiger partial charge in [0.25, 0.3) is 10.0 Å². The van der Waals surface area contributed by atoms with Crippen molar-refractivity contribution in [2.75, 3.05) is 26.2 Å². The Labute approximate surface area is 195 Å². The molecule has 3 aromatic carbocycles. The Hall–Kier alpha value is -3.13. The molecule has 0 saturated carbocycles. The molecule has 0 saturated heterocycles. The van der Waals surface area contributed by atoms with Gasteiger partial charge < -0.3 is 15.4 Å². The van der Waals surface area contributed by atoms with E-state index in [2.05, 4.69) is 41.8 Å². The van der Waals surface area contributed by atoms with Crippen LogP contribution in [-0.2, 0) is 16.6 Å². The van der Waals surface area contributed by atoms with E-state index in [0.29, 0.717) is 24.4 Å². The molecule has 0 atom stereocenters. The van der Waals surface area contributed by atoms with Crippen molar-refractivity contribution in [3.63, 3.8) is 0 Å². The fourth-order valence-electron chi connectivity index (χ4n) is 3.75. The predicted molar refractivity (Wildman–Crippen MR) is 132 cm³/mol. The molecule has 0 bridgehead atoms. The Morgan fingerprint density at radius 1 is 0.848 bits per heavy atom. The second kappa shape index (κ2) is 10.7. The number of ether oxygens (including phenoxy) is 1. The normalized spacial score (nSPS) is 11.7. The molecule has 0 aliphatic rings. The summed E-state index contributed by atoms with van der Waals surface area (Å²) in [6.45, 7) is 5.85. The van der Waals surface area contributed by atoms with Gasteiger partial charge in [0.2, 0.25) is 0 Å². The number of nitrogens with zero attached hydrogens (tertiary/aromatic N) is 1. The lowest BCUT2D eigenvalue weighted by molar-refractivity contribution is 0.317. The van der Waals surface area contributed by atoms with Gasteiger partial charge in [-0.2, -0.15) is 0 Å². The molecule has 0 radical (unpaired) electrons. The lowest BCUT2D eigenvalue weighted by Crippen LogP contribution is -2.29. The van der Waals surface area contributed by atoms with Crippen molar-refractivity contribution in [1.29, 1.82) is 0 Å². The molecule has 33 heavy (non-hydrogen) atoms. The van der Waals surface area contributed by atoms with Gasteiger partial charge >= 0.3 is 0 Å². The minimum Gasteiger partial charge on any atom is -0.492 e. The number of aromatic nitrogens is 1. The summed E-state index contributed by atoms with van der Waals surface area (Å²) >= 11 is 0. The zero-order valence-electron chi connectivity index (χ0n) is 18.7. The lowest BCUT2D eigenvalue weighted by atomic mass is 10.1. The lowest BCUT2D eigenvalue weighted by Gasteiger charge is -2.11. The molecular formula is C26H29N3O3S. The molecular weight excluding hydrogens is 434 g/mol. The number of fused-ring (bicyclic) bond motifs is 1. The van der Waals surface area contributed by atoms with E-state index in [9.17, 15) is 8.42 Å². The third-order valence-electron chi connectivity index (χ3n) is 5.38. The van der Waals surface area contributed by atoms with Gasteiger partial charge in [0.15, 0.2) is 0 Å². The van der Waals surface area contributed by atoms with Crippen LogP contribution in [0.3, 0.4) is 0 Å². The highest BCUT2D eigenvalue weighted by atomic mass is 32.2. The molecule has 172 valence electrons. The first kappa shape index (κ1) is 23.0. The number of aryl methyl sites for hydroxylation is 1. The van der Waals surface area contributed by atoms with Crippen LogP contribution in [0.2, 0.25) is 0 Å². The van der Waals surface area contributed by atoms with Gasteiger partial charge in [0.05, 0.1) is 10.4 Å².